The minimum Gasteiger partial charge on any atom is -0.493 e. The smallest absolute Gasteiger partial charge is 0.339 e. The van der Waals surface area contributed by atoms with Crippen LogP contribution in [0.5, 0.6) is 11.5 Å². The number of hydrogen-bond donors (Lipinski definition) is 0. The highest BCUT2D eigenvalue weighted by atomic mass is 32.2. The number of methoxy groups -OCH3 is 1. The van der Waals surface area contributed by atoms with Crippen LogP contribution in [-0.4, -0.2) is 31.6 Å². The van der Waals surface area contributed by atoms with E-state index in [4.69, 9.17) is 8.92 Å². The summed E-state index contributed by atoms with van der Waals surface area (Å²) in [4.78, 5) is 26.6. The molecule has 7 nitrogen and oxygen atoms in total. The fraction of sp³-hybridized carbons (Fsp3) is 0.0833. The lowest BCUT2D eigenvalue weighted by molar-refractivity contribution is -0.123. The molecule has 9 heteroatoms. The molecular formula is C24H19NO6S2. The number of rotatable bonds is 7. The van der Waals surface area contributed by atoms with Gasteiger partial charge in [0.05, 0.1) is 18.6 Å². The maximum atomic E-state index is 12.8. The second-order valence-corrected chi connectivity index (χ2v) is 9.55. The number of carbonyl (C=O) groups is 2. The average molecular weight is 482 g/mol. The molecule has 1 saturated heterocycles. The zero-order valence-electron chi connectivity index (χ0n) is 17.5. The Hall–Kier alpha value is -3.56. The predicted octanol–water partition coefficient (Wildman–Crippen LogP) is 4.70. The Balaban J connectivity index is 1.60. The van der Waals surface area contributed by atoms with Crippen LogP contribution in [-0.2, 0) is 21.5 Å². The number of thioether (sulfide) groups is 1. The third-order valence-corrected chi connectivity index (χ3v) is 6.93. The number of carbonyl (C=O) groups excluding carboxylic acids is 2. The Morgan fingerprint density at radius 2 is 1.58 bits per heavy atom. The predicted molar refractivity (Wildman–Crippen MR) is 125 cm³/mol. The van der Waals surface area contributed by atoms with Crippen LogP contribution in [0.3, 0.4) is 0 Å². The van der Waals surface area contributed by atoms with Crippen molar-refractivity contribution in [1.29, 1.82) is 0 Å². The van der Waals surface area contributed by atoms with Gasteiger partial charge in [-0.1, -0.05) is 54.6 Å². The van der Waals surface area contributed by atoms with E-state index in [9.17, 15) is 18.0 Å². The zero-order valence-corrected chi connectivity index (χ0v) is 19.1. The van der Waals surface area contributed by atoms with Crippen LogP contribution >= 0.6 is 11.8 Å². The average Bonchev–Trinajstić information content (AvgIpc) is 3.07. The second-order valence-electron chi connectivity index (χ2n) is 7.01. The molecule has 3 aromatic rings. The fourth-order valence-electron chi connectivity index (χ4n) is 3.16. The van der Waals surface area contributed by atoms with Crippen molar-refractivity contribution in [3.63, 3.8) is 0 Å². The first-order valence-electron chi connectivity index (χ1n) is 9.84. The summed E-state index contributed by atoms with van der Waals surface area (Å²) in [6.45, 7) is 0.176. The number of nitrogens with zero attached hydrogens (tertiary/aromatic N) is 1. The van der Waals surface area contributed by atoms with Crippen molar-refractivity contribution in [3.8, 4) is 11.5 Å². The van der Waals surface area contributed by atoms with Crippen LogP contribution < -0.4 is 8.92 Å². The van der Waals surface area contributed by atoms with E-state index in [1.165, 1.54) is 42.4 Å². The van der Waals surface area contributed by atoms with Crippen LogP contribution in [0.1, 0.15) is 11.1 Å². The van der Waals surface area contributed by atoms with Crippen LogP contribution in [0.15, 0.2) is 88.7 Å². The van der Waals surface area contributed by atoms with Crippen molar-refractivity contribution in [2.24, 2.45) is 0 Å². The largest absolute Gasteiger partial charge is 0.493 e. The van der Waals surface area contributed by atoms with Crippen LogP contribution in [0.25, 0.3) is 6.08 Å². The van der Waals surface area contributed by atoms with Crippen LogP contribution in [0, 0.1) is 0 Å². The molecule has 168 valence electrons. The van der Waals surface area contributed by atoms with Gasteiger partial charge in [0, 0.05) is 0 Å². The molecule has 0 bridgehead atoms. The number of imide groups is 1. The lowest BCUT2D eigenvalue weighted by atomic mass is 10.1. The molecule has 0 unspecified atom stereocenters. The topological polar surface area (TPSA) is 90.0 Å². The second kappa shape index (κ2) is 9.51. The van der Waals surface area contributed by atoms with E-state index >= 15 is 0 Å². The molecule has 0 N–H and O–H groups in total. The SMILES string of the molecule is COc1ccc(/C=C2\SC(=O)N(Cc3ccccc3)C2=O)cc1OS(=O)(=O)c1ccccc1. The summed E-state index contributed by atoms with van der Waals surface area (Å²) in [7, 11) is -2.69. The van der Waals surface area contributed by atoms with Gasteiger partial charge in [-0.2, -0.15) is 8.42 Å². The highest BCUT2D eigenvalue weighted by Gasteiger charge is 2.35. The van der Waals surface area contributed by atoms with E-state index in [1.54, 1.807) is 24.3 Å². The quantitative estimate of drug-likeness (QED) is 0.357. The highest BCUT2D eigenvalue weighted by Crippen LogP contribution is 2.36. The van der Waals surface area contributed by atoms with Gasteiger partial charge >= 0.3 is 10.1 Å². The normalized spacial score (nSPS) is 15.2. The van der Waals surface area contributed by atoms with E-state index in [1.807, 2.05) is 30.3 Å². The van der Waals surface area contributed by atoms with Gasteiger partial charge in [0.15, 0.2) is 11.5 Å². The third-order valence-electron chi connectivity index (χ3n) is 4.77. The monoisotopic (exact) mass is 481 g/mol. The maximum Gasteiger partial charge on any atom is 0.339 e. The molecule has 0 spiro atoms. The molecule has 3 aromatic carbocycles. The van der Waals surface area contributed by atoms with Gasteiger partial charge in [0.1, 0.15) is 4.90 Å². The standard InChI is InChI=1S/C24H19NO6S2/c1-30-20-13-12-18(14-21(20)31-33(28,29)19-10-6-3-7-11-19)15-22-23(26)25(24(27)32-22)16-17-8-4-2-5-9-17/h2-15H,16H2,1H3/b22-15-. The van der Waals surface area contributed by atoms with Crippen molar-refractivity contribution in [3.05, 3.63) is 94.9 Å². The lowest BCUT2D eigenvalue weighted by Gasteiger charge is -2.12. The summed E-state index contributed by atoms with van der Waals surface area (Å²) in [6, 6.07) is 21.6. The molecule has 0 aliphatic carbocycles. The molecular weight excluding hydrogens is 462 g/mol. The van der Waals surface area contributed by atoms with Gasteiger partial charge in [-0.25, -0.2) is 0 Å². The molecule has 0 saturated carbocycles. The van der Waals surface area contributed by atoms with E-state index < -0.39 is 16.0 Å². The summed E-state index contributed by atoms with van der Waals surface area (Å²) in [5.41, 5.74) is 1.33. The molecule has 2 amide bonds. The minimum atomic E-state index is -4.09. The third kappa shape index (κ3) is 5.10. The first kappa shape index (κ1) is 22.6. The molecule has 1 aliphatic rings. The van der Waals surface area contributed by atoms with E-state index in [2.05, 4.69) is 0 Å². The van der Waals surface area contributed by atoms with Crippen molar-refractivity contribution >= 4 is 39.1 Å². The molecule has 1 aliphatic heterocycles. The number of benzene rings is 3. The Morgan fingerprint density at radius 3 is 2.24 bits per heavy atom. The molecule has 1 fully saturated rings. The highest BCUT2D eigenvalue weighted by molar-refractivity contribution is 8.18. The van der Waals surface area contributed by atoms with Gasteiger partial charge in [-0.05, 0) is 53.2 Å². The van der Waals surface area contributed by atoms with Crippen molar-refractivity contribution in [2.75, 3.05) is 7.11 Å². The molecule has 0 atom stereocenters. The maximum absolute atomic E-state index is 12.8. The van der Waals surface area contributed by atoms with Gasteiger partial charge in [0.25, 0.3) is 11.1 Å². The first-order chi connectivity index (χ1) is 15.9. The lowest BCUT2D eigenvalue weighted by Crippen LogP contribution is -2.27. The molecule has 1 heterocycles. The molecule has 4 rings (SSSR count). The fourth-order valence-corrected chi connectivity index (χ4v) is 4.95. The van der Waals surface area contributed by atoms with E-state index in [0.717, 1.165) is 17.3 Å². The zero-order chi connectivity index (χ0) is 23.4. The number of amides is 2. The Morgan fingerprint density at radius 1 is 0.909 bits per heavy atom. The Bertz CT molecular complexity index is 1320. The van der Waals surface area contributed by atoms with Gasteiger partial charge in [-0.3, -0.25) is 14.5 Å². The van der Waals surface area contributed by atoms with Gasteiger partial charge < -0.3 is 8.92 Å². The van der Waals surface area contributed by atoms with Gasteiger partial charge in [-0.15, -0.1) is 0 Å². The number of ether oxygens (including phenoxy) is 1. The van der Waals surface area contributed by atoms with Gasteiger partial charge in [0.2, 0.25) is 0 Å². The molecule has 0 radical (unpaired) electrons. The molecule has 33 heavy (non-hydrogen) atoms. The summed E-state index contributed by atoms with van der Waals surface area (Å²) in [6.07, 6.45) is 1.53. The summed E-state index contributed by atoms with van der Waals surface area (Å²) in [5.74, 6) is -0.230. The Labute approximate surface area is 195 Å². The Kier molecular flexibility index (Phi) is 6.52. The summed E-state index contributed by atoms with van der Waals surface area (Å²) in [5, 5.41) is -0.369. The van der Waals surface area contributed by atoms with Crippen molar-refractivity contribution in [1.82, 2.24) is 4.90 Å². The first-order valence-corrected chi connectivity index (χ1v) is 12.1. The summed E-state index contributed by atoms with van der Waals surface area (Å²) >= 11 is 0.830. The molecule has 0 aromatic heterocycles. The van der Waals surface area contributed by atoms with E-state index in [0.29, 0.717) is 5.56 Å². The number of hydrogen-bond acceptors (Lipinski definition) is 7. The summed E-state index contributed by atoms with van der Waals surface area (Å²) < 4.78 is 35.8. The minimum absolute atomic E-state index is 0.000475. The van der Waals surface area contributed by atoms with Crippen LogP contribution in [0.4, 0.5) is 4.79 Å². The van der Waals surface area contributed by atoms with Crippen molar-refractivity contribution < 1.29 is 26.9 Å². The van der Waals surface area contributed by atoms with Crippen molar-refractivity contribution in [2.45, 2.75) is 11.4 Å². The van der Waals surface area contributed by atoms with E-state index in [-0.39, 0.29) is 33.1 Å². The van der Waals surface area contributed by atoms with Crippen LogP contribution in [0.2, 0.25) is 0 Å².